The fourth-order valence-corrected chi connectivity index (χ4v) is 2.69. The van der Waals surface area contributed by atoms with Crippen LogP contribution >= 0.6 is 0 Å². The summed E-state index contributed by atoms with van der Waals surface area (Å²) in [6.45, 7) is 0. The number of nitrogens with zero attached hydrogens (tertiary/aromatic N) is 1. The molecule has 1 aromatic carbocycles. The first-order valence-corrected chi connectivity index (χ1v) is 6.47. The molecule has 1 aliphatic heterocycles. The van der Waals surface area contributed by atoms with Gasteiger partial charge in [0, 0.05) is 12.5 Å². The van der Waals surface area contributed by atoms with Crippen molar-refractivity contribution in [2.45, 2.75) is 43.9 Å². The zero-order valence-corrected chi connectivity index (χ0v) is 10.2. The molecule has 18 heavy (non-hydrogen) atoms. The molecule has 0 aromatic heterocycles. The normalized spacial score (nSPS) is 30.5. The molecule has 1 fully saturated rings. The number of hydrogen-bond donors (Lipinski definition) is 2. The molecule has 3 N–H and O–H groups in total. The van der Waals surface area contributed by atoms with E-state index >= 15 is 0 Å². The van der Waals surface area contributed by atoms with E-state index in [4.69, 9.17) is 10.5 Å². The van der Waals surface area contributed by atoms with Crippen LogP contribution in [0.4, 0.5) is 0 Å². The van der Waals surface area contributed by atoms with Crippen LogP contribution in [0.15, 0.2) is 29.3 Å². The Morgan fingerprint density at radius 3 is 2.83 bits per heavy atom. The largest absolute Gasteiger partial charge is 0.508 e. The maximum absolute atomic E-state index is 9.24. The summed E-state index contributed by atoms with van der Waals surface area (Å²) in [5.41, 5.74) is 7.06. The number of benzene rings is 1. The number of nitrogens with two attached hydrogens (primary N) is 1. The maximum Gasteiger partial charge on any atom is 0.188 e. The average Bonchev–Trinajstić information content (AvgIpc) is 2.73. The van der Waals surface area contributed by atoms with Gasteiger partial charge in [-0.05, 0) is 37.0 Å². The first-order valence-electron chi connectivity index (χ1n) is 6.47. The van der Waals surface area contributed by atoms with Crippen LogP contribution in [0, 0.1) is 0 Å². The second-order valence-corrected chi connectivity index (χ2v) is 5.16. The van der Waals surface area contributed by atoms with Crippen molar-refractivity contribution in [3.05, 3.63) is 29.8 Å². The minimum atomic E-state index is 0.233. The second kappa shape index (κ2) is 4.61. The van der Waals surface area contributed by atoms with E-state index in [1.165, 1.54) is 0 Å². The summed E-state index contributed by atoms with van der Waals surface area (Å²) in [6.07, 6.45) is 3.90. The Hall–Kier alpha value is -1.55. The molecule has 0 radical (unpaired) electrons. The summed E-state index contributed by atoms with van der Waals surface area (Å²) in [6, 6.07) is 7.69. The highest BCUT2D eigenvalue weighted by Gasteiger charge is 2.35. The number of ether oxygens (including phenoxy) is 1. The van der Waals surface area contributed by atoms with Crippen molar-refractivity contribution in [3.8, 4) is 5.75 Å². The summed E-state index contributed by atoms with van der Waals surface area (Å²) >= 11 is 0. The molecule has 2 aliphatic rings. The Balaban J connectivity index is 1.67. The van der Waals surface area contributed by atoms with E-state index in [1.807, 2.05) is 12.1 Å². The molecule has 4 heteroatoms. The van der Waals surface area contributed by atoms with Crippen LogP contribution in [0.1, 0.15) is 24.8 Å². The fraction of sp³-hybridized carbons (Fsp3) is 0.500. The number of aromatic hydroxyl groups is 1. The predicted molar refractivity (Wildman–Crippen MR) is 69.7 cm³/mol. The summed E-state index contributed by atoms with van der Waals surface area (Å²) in [5, 5.41) is 9.24. The van der Waals surface area contributed by atoms with Gasteiger partial charge in [-0.2, -0.15) is 0 Å². The lowest BCUT2D eigenvalue weighted by atomic mass is 9.90. The number of rotatable bonds is 2. The van der Waals surface area contributed by atoms with Crippen LogP contribution in [-0.4, -0.2) is 29.2 Å². The highest BCUT2D eigenvalue weighted by Crippen LogP contribution is 2.28. The Morgan fingerprint density at radius 2 is 2.06 bits per heavy atom. The molecule has 3 rings (SSSR count). The number of hydrogen-bond acceptors (Lipinski definition) is 4. The van der Waals surface area contributed by atoms with Gasteiger partial charge in [0.15, 0.2) is 5.90 Å². The summed E-state index contributed by atoms with van der Waals surface area (Å²) in [7, 11) is 0. The third-order valence-corrected chi connectivity index (χ3v) is 3.68. The minimum Gasteiger partial charge on any atom is -0.508 e. The highest BCUT2D eigenvalue weighted by molar-refractivity contribution is 5.80. The zero-order chi connectivity index (χ0) is 12.5. The van der Waals surface area contributed by atoms with E-state index in [0.717, 1.165) is 30.7 Å². The van der Waals surface area contributed by atoms with Gasteiger partial charge >= 0.3 is 0 Å². The van der Waals surface area contributed by atoms with E-state index in [2.05, 4.69) is 4.99 Å². The summed E-state index contributed by atoms with van der Waals surface area (Å²) in [5.74, 6) is 1.09. The number of phenols is 1. The minimum absolute atomic E-state index is 0.233. The Labute approximate surface area is 106 Å². The third kappa shape index (κ3) is 2.34. The SMILES string of the molecule is NC1CCC2OC(Cc3ccc(O)cc3)=NC2C1. The van der Waals surface area contributed by atoms with Gasteiger partial charge in [0.05, 0.1) is 6.04 Å². The van der Waals surface area contributed by atoms with Gasteiger partial charge in [-0.1, -0.05) is 12.1 Å². The van der Waals surface area contributed by atoms with Crippen molar-refractivity contribution >= 4 is 5.90 Å². The topological polar surface area (TPSA) is 67.8 Å². The molecule has 4 nitrogen and oxygen atoms in total. The standard InChI is InChI=1S/C14H18N2O2/c15-10-3-6-13-12(8-10)16-14(18-13)7-9-1-4-11(17)5-2-9/h1-2,4-5,10,12-13,17H,3,6-8,15H2. The van der Waals surface area contributed by atoms with Crippen LogP contribution in [0.2, 0.25) is 0 Å². The maximum atomic E-state index is 9.24. The molecule has 3 atom stereocenters. The molecule has 0 bridgehead atoms. The smallest absolute Gasteiger partial charge is 0.188 e. The van der Waals surface area contributed by atoms with Crippen LogP contribution < -0.4 is 5.73 Å². The van der Waals surface area contributed by atoms with Crippen LogP contribution in [0.3, 0.4) is 0 Å². The van der Waals surface area contributed by atoms with E-state index in [9.17, 15) is 5.11 Å². The molecular weight excluding hydrogens is 228 g/mol. The molecule has 1 aromatic rings. The predicted octanol–water partition coefficient (Wildman–Crippen LogP) is 1.61. The van der Waals surface area contributed by atoms with Crippen LogP contribution in [0.5, 0.6) is 5.75 Å². The zero-order valence-electron chi connectivity index (χ0n) is 10.2. The third-order valence-electron chi connectivity index (χ3n) is 3.68. The molecule has 0 spiro atoms. The van der Waals surface area contributed by atoms with Crippen molar-refractivity contribution in [2.75, 3.05) is 0 Å². The number of aliphatic imine (C=N–C) groups is 1. The van der Waals surface area contributed by atoms with Crippen molar-refractivity contribution in [3.63, 3.8) is 0 Å². The lowest BCUT2D eigenvalue weighted by Crippen LogP contribution is -2.37. The van der Waals surface area contributed by atoms with Gasteiger partial charge in [-0.3, -0.25) is 0 Å². The first kappa shape index (κ1) is 11.5. The van der Waals surface area contributed by atoms with Gasteiger partial charge in [0.1, 0.15) is 11.9 Å². The van der Waals surface area contributed by atoms with Crippen LogP contribution in [0.25, 0.3) is 0 Å². The molecule has 1 saturated carbocycles. The van der Waals surface area contributed by atoms with E-state index < -0.39 is 0 Å². The Kier molecular flexibility index (Phi) is 2.96. The Bertz CT molecular complexity index is 455. The highest BCUT2D eigenvalue weighted by atomic mass is 16.5. The van der Waals surface area contributed by atoms with Gasteiger partial charge in [-0.15, -0.1) is 0 Å². The van der Waals surface area contributed by atoms with Gasteiger partial charge < -0.3 is 15.6 Å². The number of fused-ring (bicyclic) bond motifs is 1. The second-order valence-electron chi connectivity index (χ2n) is 5.16. The Morgan fingerprint density at radius 1 is 1.28 bits per heavy atom. The van der Waals surface area contributed by atoms with E-state index in [1.54, 1.807) is 12.1 Å². The molecule has 0 saturated heterocycles. The summed E-state index contributed by atoms with van der Waals surface area (Å²) < 4.78 is 5.88. The molecule has 96 valence electrons. The molecule has 0 amide bonds. The summed E-state index contributed by atoms with van der Waals surface area (Å²) in [4.78, 5) is 4.63. The van der Waals surface area contributed by atoms with Crippen molar-refractivity contribution in [1.29, 1.82) is 0 Å². The van der Waals surface area contributed by atoms with E-state index in [0.29, 0.717) is 6.42 Å². The fourth-order valence-electron chi connectivity index (χ4n) is 2.69. The molecular formula is C14H18N2O2. The van der Waals surface area contributed by atoms with Gasteiger partial charge in [-0.25, -0.2) is 4.99 Å². The number of phenolic OH excluding ortho intramolecular Hbond substituents is 1. The van der Waals surface area contributed by atoms with Crippen molar-refractivity contribution < 1.29 is 9.84 Å². The van der Waals surface area contributed by atoms with Crippen molar-refractivity contribution in [1.82, 2.24) is 0 Å². The first-order chi connectivity index (χ1) is 8.70. The molecule has 1 heterocycles. The quantitative estimate of drug-likeness (QED) is 0.833. The molecule has 1 aliphatic carbocycles. The van der Waals surface area contributed by atoms with Gasteiger partial charge in [0.2, 0.25) is 0 Å². The monoisotopic (exact) mass is 246 g/mol. The van der Waals surface area contributed by atoms with Crippen molar-refractivity contribution in [2.24, 2.45) is 10.7 Å². The van der Waals surface area contributed by atoms with Gasteiger partial charge in [0.25, 0.3) is 0 Å². The molecule has 3 unspecified atom stereocenters. The lowest BCUT2D eigenvalue weighted by molar-refractivity contribution is 0.142. The lowest BCUT2D eigenvalue weighted by Gasteiger charge is -2.26. The van der Waals surface area contributed by atoms with Crippen LogP contribution in [-0.2, 0) is 11.2 Å². The van der Waals surface area contributed by atoms with E-state index in [-0.39, 0.29) is 23.9 Å². The average molecular weight is 246 g/mol.